The predicted molar refractivity (Wildman–Crippen MR) is 105 cm³/mol. The molecule has 1 heterocycles. The van der Waals surface area contributed by atoms with E-state index < -0.39 is 17.6 Å². The highest BCUT2D eigenvalue weighted by molar-refractivity contribution is 14.1. The number of carbonyl (C=O) groups is 1. The quantitative estimate of drug-likeness (QED) is 0.508. The number of anilines is 1. The molecule has 1 aromatic heterocycles. The molecule has 0 aliphatic heterocycles. The third-order valence-corrected chi connectivity index (χ3v) is 5.16. The zero-order valence-electron chi connectivity index (χ0n) is 14.4. The standard InChI is InChI=1S/C19H15F3IN3O/c1-11-6-7-13(8-14(11)23)18(27)25-15-4-3-5-16(17(15)19(20,21)22)26-9-12(2)24-10-26/h3-10H,1-2H3,(H,25,27). The molecule has 0 fully saturated rings. The largest absolute Gasteiger partial charge is 0.420 e. The smallest absolute Gasteiger partial charge is 0.321 e. The molecule has 4 nitrogen and oxygen atoms in total. The molecule has 0 spiro atoms. The maximum Gasteiger partial charge on any atom is 0.420 e. The Morgan fingerprint density at radius 2 is 1.93 bits per heavy atom. The zero-order chi connectivity index (χ0) is 19.8. The fourth-order valence-electron chi connectivity index (χ4n) is 2.64. The minimum Gasteiger partial charge on any atom is -0.321 e. The van der Waals surface area contributed by atoms with Crippen LogP contribution in [0.1, 0.15) is 27.2 Å². The monoisotopic (exact) mass is 485 g/mol. The second-order valence-electron chi connectivity index (χ2n) is 6.04. The summed E-state index contributed by atoms with van der Waals surface area (Å²) >= 11 is 2.08. The lowest BCUT2D eigenvalue weighted by Crippen LogP contribution is -2.19. The maximum atomic E-state index is 13.8. The van der Waals surface area contributed by atoms with Gasteiger partial charge in [0.05, 0.1) is 23.4 Å². The molecule has 0 atom stereocenters. The van der Waals surface area contributed by atoms with Crippen LogP contribution in [0, 0.1) is 17.4 Å². The second-order valence-corrected chi connectivity index (χ2v) is 7.20. The van der Waals surface area contributed by atoms with Crippen molar-refractivity contribution in [1.29, 1.82) is 0 Å². The number of alkyl halides is 3. The lowest BCUT2D eigenvalue weighted by atomic mass is 10.1. The summed E-state index contributed by atoms with van der Waals surface area (Å²) in [5.74, 6) is -0.600. The van der Waals surface area contributed by atoms with E-state index in [9.17, 15) is 18.0 Å². The van der Waals surface area contributed by atoms with Crippen LogP contribution in [-0.2, 0) is 6.18 Å². The van der Waals surface area contributed by atoms with Gasteiger partial charge in [-0.15, -0.1) is 0 Å². The van der Waals surface area contributed by atoms with Gasteiger partial charge in [0.1, 0.15) is 5.56 Å². The summed E-state index contributed by atoms with van der Waals surface area (Å²) in [6, 6.07) is 9.03. The molecule has 8 heteroatoms. The van der Waals surface area contributed by atoms with Crippen molar-refractivity contribution in [1.82, 2.24) is 9.55 Å². The van der Waals surface area contributed by atoms with E-state index in [-0.39, 0.29) is 11.4 Å². The van der Waals surface area contributed by atoms with E-state index in [0.29, 0.717) is 11.3 Å². The van der Waals surface area contributed by atoms with Gasteiger partial charge < -0.3 is 9.88 Å². The molecular formula is C19H15F3IN3O. The first kappa shape index (κ1) is 19.4. The van der Waals surface area contributed by atoms with E-state index in [2.05, 4.69) is 32.9 Å². The minimum absolute atomic E-state index is 0.0978. The van der Waals surface area contributed by atoms with Crippen LogP contribution < -0.4 is 5.32 Å². The summed E-state index contributed by atoms with van der Waals surface area (Å²) in [5.41, 5.74) is 0.554. The van der Waals surface area contributed by atoms with Crippen LogP contribution in [0.25, 0.3) is 5.69 Å². The molecule has 2 aromatic carbocycles. The average molecular weight is 485 g/mol. The van der Waals surface area contributed by atoms with Crippen molar-refractivity contribution in [3.63, 3.8) is 0 Å². The number of amides is 1. The lowest BCUT2D eigenvalue weighted by Gasteiger charge is -2.18. The summed E-state index contributed by atoms with van der Waals surface area (Å²) in [6.07, 6.45) is -1.84. The summed E-state index contributed by atoms with van der Waals surface area (Å²) in [4.78, 5) is 16.5. The van der Waals surface area contributed by atoms with Crippen molar-refractivity contribution in [2.45, 2.75) is 20.0 Å². The van der Waals surface area contributed by atoms with Gasteiger partial charge in [0, 0.05) is 15.3 Å². The number of carbonyl (C=O) groups excluding carboxylic acids is 1. The van der Waals surface area contributed by atoms with E-state index in [1.54, 1.807) is 25.1 Å². The maximum absolute atomic E-state index is 13.8. The molecular weight excluding hydrogens is 470 g/mol. The van der Waals surface area contributed by atoms with Gasteiger partial charge in [0.2, 0.25) is 0 Å². The van der Waals surface area contributed by atoms with Gasteiger partial charge in [-0.2, -0.15) is 13.2 Å². The van der Waals surface area contributed by atoms with Crippen LogP contribution in [0.5, 0.6) is 0 Å². The molecule has 0 radical (unpaired) electrons. The molecule has 27 heavy (non-hydrogen) atoms. The van der Waals surface area contributed by atoms with Gasteiger partial charge in [0.25, 0.3) is 5.91 Å². The SMILES string of the molecule is Cc1cn(-c2cccc(NC(=O)c3ccc(C)c(I)c3)c2C(F)(F)F)cn1. The summed E-state index contributed by atoms with van der Waals surface area (Å²) in [7, 11) is 0. The summed E-state index contributed by atoms with van der Waals surface area (Å²) in [5, 5.41) is 2.40. The Labute approximate surface area is 167 Å². The fourth-order valence-corrected chi connectivity index (χ4v) is 3.15. The Morgan fingerprint density at radius 1 is 1.19 bits per heavy atom. The van der Waals surface area contributed by atoms with Gasteiger partial charge in [-0.3, -0.25) is 4.79 Å². The van der Waals surface area contributed by atoms with Crippen LogP contribution >= 0.6 is 22.6 Å². The van der Waals surface area contributed by atoms with Crippen LogP contribution in [-0.4, -0.2) is 15.5 Å². The Hall–Kier alpha value is -2.36. The number of nitrogens with zero attached hydrogens (tertiary/aromatic N) is 2. The first-order chi connectivity index (χ1) is 12.7. The zero-order valence-corrected chi connectivity index (χ0v) is 16.6. The fraction of sp³-hybridized carbons (Fsp3) is 0.158. The van der Waals surface area contributed by atoms with E-state index in [1.807, 2.05) is 6.92 Å². The Morgan fingerprint density at radius 3 is 2.52 bits per heavy atom. The minimum atomic E-state index is -4.65. The first-order valence-corrected chi connectivity index (χ1v) is 9.03. The number of rotatable bonds is 3. The number of imidazole rings is 1. The number of benzene rings is 2. The highest BCUT2D eigenvalue weighted by Crippen LogP contribution is 2.39. The van der Waals surface area contributed by atoms with Gasteiger partial charge in [-0.1, -0.05) is 12.1 Å². The van der Waals surface area contributed by atoms with Crippen LogP contribution in [0.3, 0.4) is 0 Å². The van der Waals surface area contributed by atoms with E-state index in [1.165, 1.54) is 35.3 Å². The Kier molecular flexibility index (Phi) is 5.27. The molecule has 0 aliphatic rings. The van der Waals surface area contributed by atoms with Gasteiger partial charge >= 0.3 is 6.18 Å². The van der Waals surface area contributed by atoms with Crippen LogP contribution in [0.4, 0.5) is 18.9 Å². The van der Waals surface area contributed by atoms with Crippen molar-refractivity contribution in [2.24, 2.45) is 0 Å². The summed E-state index contributed by atoms with van der Waals surface area (Å²) < 4.78 is 43.5. The normalized spacial score (nSPS) is 11.5. The molecule has 0 unspecified atom stereocenters. The predicted octanol–water partition coefficient (Wildman–Crippen LogP) is 5.36. The molecule has 0 saturated carbocycles. The van der Waals surface area contributed by atoms with Crippen molar-refractivity contribution in [2.75, 3.05) is 5.32 Å². The topological polar surface area (TPSA) is 46.9 Å². The Balaban J connectivity index is 2.04. The lowest BCUT2D eigenvalue weighted by molar-refractivity contribution is -0.136. The van der Waals surface area contributed by atoms with Crippen molar-refractivity contribution in [3.8, 4) is 5.69 Å². The second kappa shape index (κ2) is 7.34. The Bertz CT molecular complexity index is 1010. The molecule has 1 amide bonds. The average Bonchev–Trinajstić information content (AvgIpc) is 3.02. The highest BCUT2D eigenvalue weighted by Gasteiger charge is 2.37. The number of hydrogen-bond donors (Lipinski definition) is 1. The third kappa shape index (κ3) is 4.15. The van der Waals surface area contributed by atoms with Gasteiger partial charge in [-0.05, 0) is 66.3 Å². The number of nitrogens with one attached hydrogen (secondary N) is 1. The number of aromatic nitrogens is 2. The first-order valence-electron chi connectivity index (χ1n) is 7.95. The molecule has 0 bridgehead atoms. The van der Waals surface area contributed by atoms with E-state index >= 15 is 0 Å². The van der Waals surface area contributed by atoms with Gasteiger partial charge in [-0.25, -0.2) is 4.98 Å². The van der Waals surface area contributed by atoms with Crippen LogP contribution in [0.2, 0.25) is 0 Å². The van der Waals surface area contributed by atoms with Gasteiger partial charge in [0.15, 0.2) is 0 Å². The molecule has 3 aromatic rings. The van der Waals surface area contributed by atoms with Crippen molar-refractivity contribution < 1.29 is 18.0 Å². The van der Waals surface area contributed by atoms with Crippen molar-refractivity contribution in [3.05, 3.63) is 74.9 Å². The number of halogens is 4. The summed E-state index contributed by atoms with van der Waals surface area (Å²) in [6.45, 7) is 3.58. The molecule has 3 rings (SSSR count). The molecule has 1 N–H and O–H groups in total. The van der Waals surface area contributed by atoms with Crippen molar-refractivity contribution >= 4 is 34.2 Å². The third-order valence-electron chi connectivity index (χ3n) is 4.00. The highest BCUT2D eigenvalue weighted by atomic mass is 127. The molecule has 140 valence electrons. The molecule has 0 saturated heterocycles. The van der Waals surface area contributed by atoms with E-state index in [4.69, 9.17) is 0 Å². The number of hydrogen-bond acceptors (Lipinski definition) is 2. The van der Waals surface area contributed by atoms with Crippen LogP contribution in [0.15, 0.2) is 48.9 Å². The van der Waals surface area contributed by atoms with E-state index in [0.717, 1.165) is 9.13 Å². The molecule has 0 aliphatic carbocycles. The number of aryl methyl sites for hydroxylation is 2.